The second kappa shape index (κ2) is 10.9. The van der Waals surface area contributed by atoms with E-state index in [1.54, 1.807) is 49.6 Å². The van der Waals surface area contributed by atoms with E-state index in [2.05, 4.69) is 4.90 Å². The van der Waals surface area contributed by atoms with Crippen LogP contribution in [0.15, 0.2) is 53.4 Å². The van der Waals surface area contributed by atoms with Crippen molar-refractivity contribution < 1.29 is 23.5 Å². The van der Waals surface area contributed by atoms with Crippen molar-refractivity contribution in [3.8, 4) is 0 Å². The summed E-state index contributed by atoms with van der Waals surface area (Å²) in [6.45, 7) is 4.50. The molecule has 0 atom stereocenters. The van der Waals surface area contributed by atoms with Gasteiger partial charge < -0.3 is 9.64 Å². The first-order valence-electron chi connectivity index (χ1n) is 11.0. The van der Waals surface area contributed by atoms with Gasteiger partial charge in [0.25, 0.3) is 17.1 Å². The molecule has 0 radical (unpaired) electrons. The van der Waals surface area contributed by atoms with Crippen molar-refractivity contribution in [2.24, 2.45) is 0 Å². The fraction of sp³-hybridized carbons (Fsp3) is 0.320. The number of benzene rings is 2. The molecule has 2 aromatic rings. The summed E-state index contributed by atoms with van der Waals surface area (Å²) >= 11 is 0.861. The lowest BCUT2D eigenvalue weighted by atomic mass is 10.1. The number of halogens is 1. The molecule has 2 aliphatic rings. The number of hydrogen-bond donors (Lipinski definition) is 0. The number of ether oxygens (including phenoxy) is 1. The van der Waals surface area contributed by atoms with Gasteiger partial charge in [0, 0.05) is 45.4 Å². The molecule has 4 rings (SSSR count). The Bertz CT molecular complexity index is 1100. The third-order valence-electron chi connectivity index (χ3n) is 5.83. The minimum Gasteiger partial charge on any atom is -0.383 e. The van der Waals surface area contributed by atoms with Crippen LogP contribution in [-0.4, -0.2) is 78.2 Å². The molecule has 0 bridgehead atoms. The van der Waals surface area contributed by atoms with Gasteiger partial charge in [0.1, 0.15) is 5.82 Å². The van der Waals surface area contributed by atoms with E-state index in [0.717, 1.165) is 36.3 Å². The summed E-state index contributed by atoms with van der Waals surface area (Å²) in [5.41, 5.74) is 1.89. The zero-order valence-corrected chi connectivity index (χ0v) is 19.7. The molecule has 2 heterocycles. The molecule has 9 heteroatoms. The molecule has 0 unspecified atom stereocenters. The smallest absolute Gasteiger partial charge is 0.293 e. The molecule has 0 aliphatic carbocycles. The van der Waals surface area contributed by atoms with E-state index in [1.165, 1.54) is 12.1 Å². The molecule has 2 fully saturated rings. The predicted molar refractivity (Wildman–Crippen MR) is 129 cm³/mol. The molecule has 2 aromatic carbocycles. The molecule has 3 amide bonds. The molecule has 0 N–H and O–H groups in total. The molecule has 0 saturated carbocycles. The third-order valence-corrected chi connectivity index (χ3v) is 6.74. The number of methoxy groups -OCH3 is 1. The number of carbonyl (C=O) groups excluding carboxylic acids is 3. The average molecular weight is 484 g/mol. The van der Waals surface area contributed by atoms with Gasteiger partial charge in [-0.05, 0) is 53.2 Å². The first kappa shape index (κ1) is 24.1. The Hall–Kier alpha value is -3.01. The van der Waals surface area contributed by atoms with E-state index < -0.39 is 5.91 Å². The molecular formula is C25H26FN3O4S. The number of hydrogen-bond acceptors (Lipinski definition) is 6. The highest BCUT2D eigenvalue weighted by Crippen LogP contribution is 2.33. The van der Waals surface area contributed by atoms with Gasteiger partial charge in [0.2, 0.25) is 0 Å². The van der Waals surface area contributed by atoms with E-state index in [4.69, 9.17) is 4.74 Å². The van der Waals surface area contributed by atoms with Gasteiger partial charge in [-0.15, -0.1) is 0 Å². The fourth-order valence-corrected chi connectivity index (χ4v) is 4.74. The lowest BCUT2D eigenvalue weighted by Gasteiger charge is -2.34. The summed E-state index contributed by atoms with van der Waals surface area (Å²) in [6.07, 6.45) is 1.63. The quantitative estimate of drug-likeness (QED) is 0.562. The Morgan fingerprint density at radius 3 is 2.53 bits per heavy atom. The van der Waals surface area contributed by atoms with E-state index in [-0.39, 0.29) is 23.5 Å². The molecule has 7 nitrogen and oxygen atoms in total. The Morgan fingerprint density at radius 1 is 1.09 bits per heavy atom. The summed E-state index contributed by atoms with van der Waals surface area (Å²) in [7, 11) is 1.68. The second-order valence-corrected chi connectivity index (χ2v) is 9.14. The SMILES string of the molecule is COCCN1CCN(C(=O)c2cccc(/C=C3\SC(=O)N(Cc4ccc(F)cc4)C3=O)c2)CC1. The summed E-state index contributed by atoms with van der Waals surface area (Å²) < 4.78 is 18.3. The molecule has 178 valence electrons. The first-order chi connectivity index (χ1) is 16.4. The molecule has 34 heavy (non-hydrogen) atoms. The van der Waals surface area contributed by atoms with E-state index in [1.807, 2.05) is 4.90 Å². The topological polar surface area (TPSA) is 70.2 Å². The highest BCUT2D eigenvalue weighted by atomic mass is 32.2. The molecular weight excluding hydrogens is 457 g/mol. The van der Waals surface area contributed by atoms with Gasteiger partial charge in [-0.1, -0.05) is 24.3 Å². The standard InChI is InChI=1S/C25H26FN3O4S/c1-33-14-13-27-9-11-28(12-10-27)23(30)20-4-2-3-19(15-20)16-22-24(31)29(25(32)34-22)17-18-5-7-21(26)8-6-18/h2-8,15-16H,9-14,17H2,1H3/b22-16-. The number of piperazine rings is 1. The number of thioether (sulfide) groups is 1. The monoisotopic (exact) mass is 483 g/mol. The number of rotatable bonds is 7. The van der Waals surface area contributed by atoms with Gasteiger partial charge in [-0.25, -0.2) is 4.39 Å². The van der Waals surface area contributed by atoms with Gasteiger partial charge in [-0.3, -0.25) is 24.2 Å². The van der Waals surface area contributed by atoms with Crippen LogP contribution in [0, 0.1) is 5.82 Å². The van der Waals surface area contributed by atoms with Crippen LogP contribution in [0.1, 0.15) is 21.5 Å². The molecule has 2 aliphatic heterocycles. The van der Waals surface area contributed by atoms with Crippen molar-refractivity contribution in [2.45, 2.75) is 6.54 Å². The minimum atomic E-state index is -0.400. The highest BCUT2D eigenvalue weighted by Gasteiger charge is 2.35. The van der Waals surface area contributed by atoms with Crippen LogP contribution in [0.4, 0.5) is 9.18 Å². The summed E-state index contributed by atoms with van der Waals surface area (Å²) in [5.74, 6) is -0.825. The average Bonchev–Trinajstić information content (AvgIpc) is 3.11. The summed E-state index contributed by atoms with van der Waals surface area (Å²) in [6, 6.07) is 12.8. The maximum absolute atomic E-state index is 13.1. The lowest BCUT2D eigenvalue weighted by Crippen LogP contribution is -2.49. The second-order valence-electron chi connectivity index (χ2n) is 8.15. The van der Waals surface area contributed by atoms with Crippen molar-refractivity contribution >= 4 is 34.9 Å². The highest BCUT2D eigenvalue weighted by molar-refractivity contribution is 8.18. The normalized spacial score (nSPS) is 18.2. The number of carbonyl (C=O) groups is 3. The molecule has 0 spiro atoms. The zero-order valence-electron chi connectivity index (χ0n) is 18.9. The van der Waals surface area contributed by atoms with Crippen molar-refractivity contribution in [3.05, 3.63) is 75.9 Å². The van der Waals surface area contributed by atoms with Crippen LogP contribution in [0.3, 0.4) is 0 Å². The van der Waals surface area contributed by atoms with Crippen LogP contribution in [0.2, 0.25) is 0 Å². The van der Waals surface area contributed by atoms with Crippen LogP contribution in [0.5, 0.6) is 0 Å². The Kier molecular flexibility index (Phi) is 7.77. The van der Waals surface area contributed by atoms with E-state index in [9.17, 15) is 18.8 Å². The van der Waals surface area contributed by atoms with E-state index >= 15 is 0 Å². The van der Waals surface area contributed by atoms with Crippen LogP contribution in [0.25, 0.3) is 6.08 Å². The predicted octanol–water partition coefficient (Wildman–Crippen LogP) is 3.47. The van der Waals surface area contributed by atoms with E-state index in [0.29, 0.717) is 41.3 Å². The van der Waals surface area contributed by atoms with Gasteiger partial charge in [0.15, 0.2) is 0 Å². The lowest BCUT2D eigenvalue weighted by molar-refractivity contribution is -0.123. The van der Waals surface area contributed by atoms with Gasteiger partial charge in [-0.2, -0.15) is 0 Å². The largest absolute Gasteiger partial charge is 0.383 e. The summed E-state index contributed by atoms with van der Waals surface area (Å²) in [4.78, 5) is 43.8. The Morgan fingerprint density at radius 2 is 1.82 bits per heavy atom. The maximum atomic E-state index is 13.1. The van der Waals surface area contributed by atoms with Crippen LogP contribution < -0.4 is 0 Å². The van der Waals surface area contributed by atoms with Gasteiger partial charge >= 0.3 is 0 Å². The molecule has 2 saturated heterocycles. The minimum absolute atomic E-state index is 0.0499. The fourth-order valence-electron chi connectivity index (χ4n) is 3.90. The number of amides is 3. The van der Waals surface area contributed by atoms with Crippen molar-refractivity contribution in [2.75, 3.05) is 46.4 Å². The summed E-state index contributed by atoms with van der Waals surface area (Å²) in [5, 5.41) is -0.376. The van der Waals surface area contributed by atoms with Crippen molar-refractivity contribution in [1.82, 2.24) is 14.7 Å². The van der Waals surface area contributed by atoms with Crippen molar-refractivity contribution in [3.63, 3.8) is 0 Å². The van der Waals surface area contributed by atoms with Crippen molar-refractivity contribution in [1.29, 1.82) is 0 Å². The first-order valence-corrected chi connectivity index (χ1v) is 11.9. The Balaban J connectivity index is 1.42. The van der Waals surface area contributed by atoms with Crippen LogP contribution in [-0.2, 0) is 16.1 Å². The van der Waals surface area contributed by atoms with Crippen LogP contribution >= 0.6 is 11.8 Å². The number of nitrogens with zero attached hydrogens (tertiary/aromatic N) is 3. The molecule has 0 aromatic heterocycles. The zero-order chi connectivity index (χ0) is 24.1. The third kappa shape index (κ3) is 5.72. The number of imide groups is 1. The van der Waals surface area contributed by atoms with Gasteiger partial charge in [0.05, 0.1) is 18.1 Å². The Labute approximate surface area is 202 Å². The maximum Gasteiger partial charge on any atom is 0.293 e.